The number of nitrogens with two attached hydrogens (primary N) is 1. The number of benzene rings is 1. The van der Waals surface area contributed by atoms with Crippen molar-refractivity contribution in [2.24, 2.45) is 5.73 Å². The summed E-state index contributed by atoms with van der Waals surface area (Å²) in [5.41, 5.74) is 9.16. The van der Waals surface area contributed by atoms with Crippen LogP contribution in [0.25, 0.3) is 0 Å². The van der Waals surface area contributed by atoms with E-state index in [1.54, 1.807) is 0 Å². The third-order valence-corrected chi connectivity index (χ3v) is 3.17. The van der Waals surface area contributed by atoms with Crippen molar-refractivity contribution in [3.8, 4) is 0 Å². The molecular formula is C12H17N. The minimum Gasteiger partial charge on any atom is -0.324 e. The van der Waals surface area contributed by atoms with Crippen molar-refractivity contribution in [1.82, 2.24) is 0 Å². The second-order valence-corrected chi connectivity index (χ2v) is 4.62. The molecule has 70 valence electrons. The van der Waals surface area contributed by atoms with Gasteiger partial charge in [-0.05, 0) is 29.4 Å². The van der Waals surface area contributed by atoms with Crippen LogP contribution in [0.15, 0.2) is 24.3 Å². The zero-order valence-corrected chi connectivity index (χ0v) is 8.38. The fourth-order valence-electron chi connectivity index (χ4n) is 2.24. The van der Waals surface area contributed by atoms with E-state index in [2.05, 4.69) is 38.1 Å². The molecule has 0 aromatic heterocycles. The number of hydrogen-bond donors (Lipinski definition) is 1. The van der Waals surface area contributed by atoms with Crippen LogP contribution in [0.1, 0.15) is 43.9 Å². The fourth-order valence-corrected chi connectivity index (χ4v) is 2.24. The Morgan fingerprint density at radius 1 is 1.31 bits per heavy atom. The molecule has 2 rings (SSSR count). The quantitative estimate of drug-likeness (QED) is 0.644. The van der Waals surface area contributed by atoms with Crippen LogP contribution in [0.5, 0.6) is 0 Å². The molecule has 13 heavy (non-hydrogen) atoms. The molecule has 0 radical (unpaired) electrons. The molecule has 0 saturated carbocycles. The maximum absolute atomic E-state index is 6.07. The van der Waals surface area contributed by atoms with Crippen LogP contribution >= 0.6 is 0 Å². The van der Waals surface area contributed by atoms with Gasteiger partial charge in [0.2, 0.25) is 0 Å². The summed E-state index contributed by atoms with van der Waals surface area (Å²) < 4.78 is 0. The SMILES string of the molecule is CC1(C)CC[C@H](N)c2ccccc21. The van der Waals surface area contributed by atoms with E-state index in [1.165, 1.54) is 17.5 Å². The molecule has 1 aromatic carbocycles. The van der Waals surface area contributed by atoms with Gasteiger partial charge in [0.05, 0.1) is 0 Å². The van der Waals surface area contributed by atoms with Crippen LogP contribution in [-0.4, -0.2) is 0 Å². The normalized spacial score (nSPS) is 25.3. The summed E-state index contributed by atoms with van der Waals surface area (Å²) in [5.74, 6) is 0. The predicted molar refractivity (Wildman–Crippen MR) is 55.6 cm³/mol. The maximum atomic E-state index is 6.07. The minimum absolute atomic E-state index is 0.254. The van der Waals surface area contributed by atoms with Crippen molar-refractivity contribution in [3.63, 3.8) is 0 Å². The van der Waals surface area contributed by atoms with Gasteiger partial charge in [0.1, 0.15) is 0 Å². The Labute approximate surface area is 80.0 Å². The zero-order chi connectivity index (χ0) is 9.47. The lowest BCUT2D eigenvalue weighted by molar-refractivity contribution is 0.396. The van der Waals surface area contributed by atoms with Gasteiger partial charge < -0.3 is 5.73 Å². The second-order valence-electron chi connectivity index (χ2n) is 4.62. The highest BCUT2D eigenvalue weighted by Gasteiger charge is 2.30. The van der Waals surface area contributed by atoms with Gasteiger partial charge in [0.25, 0.3) is 0 Å². The summed E-state index contributed by atoms with van der Waals surface area (Å²) in [7, 11) is 0. The Morgan fingerprint density at radius 3 is 2.69 bits per heavy atom. The molecule has 1 atom stereocenters. The van der Waals surface area contributed by atoms with E-state index in [-0.39, 0.29) is 6.04 Å². The average molecular weight is 175 g/mol. The van der Waals surface area contributed by atoms with Gasteiger partial charge >= 0.3 is 0 Å². The maximum Gasteiger partial charge on any atom is 0.0298 e. The summed E-state index contributed by atoms with van der Waals surface area (Å²) >= 11 is 0. The van der Waals surface area contributed by atoms with Gasteiger partial charge in [-0.1, -0.05) is 38.1 Å². The Hall–Kier alpha value is -0.820. The van der Waals surface area contributed by atoms with Crippen molar-refractivity contribution in [2.75, 3.05) is 0 Å². The van der Waals surface area contributed by atoms with Gasteiger partial charge in [0.15, 0.2) is 0 Å². The predicted octanol–water partition coefficient (Wildman–Crippen LogP) is 2.76. The number of rotatable bonds is 0. The molecular weight excluding hydrogens is 158 g/mol. The summed E-state index contributed by atoms with van der Waals surface area (Å²) in [6.45, 7) is 4.61. The number of hydrogen-bond acceptors (Lipinski definition) is 1. The van der Waals surface area contributed by atoms with E-state index in [0.29, 0.717) is 5.41 Å². The molecule has 0 heterocycles. The van der Waals surface area contributed by atoms with Crippen molar-refractivity contribution in [1.29, 1.82) is 0 Å². The monoisotopic (exact) mass is 175 g/mol. The van der Waals surface area contributed by atoms with E-state index < -0.39 is 0 Å². The Kier molecular flexibility index (Phi) is 1.92. The van der Waals surface area contributed by atoms with E-state index in [0.717, 1.165) is 6.42 Å². The summed E-state index contributed by atoms with van der Waals surface area (Å²) in [6.07, 6.45) is 2.31. The molecule has 0 bridgehead atoms. The van der Waals surface area contributed by atoms with Crippen molar-refractivity contribution >= 4 is 0 Å². The van der Waals surface area contributed by atoms with E-state index in [1.807, 2.05) is 0 Å². The van der Waals surface area contributed by atoms with E-state index in [9.17, 15) is 0 Å². The minimum atomic E-state index is 0.254. The molecule has 0 unspecified atom stereocenters. The standard InChI is InChI=1S/C12H17N/c1-12(2)8-7-11(13)9-5-3-4-6-10(9)12/h3-6,11H,7-8,13H2,1-2H3/t11-/m0/s1. The summed E-state index contributed by atoms with van der Waals surface area (Å²) in [6, 6.07) is 8.83. The third-order valence-electron chi connectivity index (χ3n) is 3.17. The van der Waals surface area contributed by atoms with Crippen LogP contribution in [-0.2, 0) is 5.41 Å². The van der Waals surface area contributed by atoms with Gasteiger partial charge in [-0.2, -0.15) is 0 Å². The molecule has 1 nitrogen and oxygen atoms in total. The van der Waals surface area contributed by atoms with Gasteiger partial charge in [-0.15, -0.1) is 0 Å². The molecule has 0 amide bonds. The van der Waals surface area contributed by atoms with Gasteiger partial charge in [-0.25, -0.2) is 0 Å². The fraction of sp³-hybridized carbons (Fsp3) is 0.500. The molecule has 1 aliphatic rings. The summed E-state index contributed by atoms with van der Waals surface area (Å²) in [5, 5.41) is 0. The zero-order valence-electron chi connectivity index (χ0n) is 8.38. The largest absolute Gasteiger partial charge is 0.324 e. The first-order valence-corrected chi connectivity index (χ1v) is 4.96. The average Bonchev–Trinajstić information content (AvgIpc) is 2.13. The smallest absolute Gasteiger partial charge is 0.0298 e. The molecule has 0 aliphatic heterocycles. The lowest BCUT2D eigenvalue weighted by Gasteiger charge is -2.35. The molecule has 1 aromatic rings. The lowest BCUT2D eigenvalue weighted by atomic mass is 9.71. The third kappa shape index (κ3) is 1.37. The van der Waals surface area contributed by atoms with Crippen LogP contribution < -0.4 is 5.73 Å². The first-order valence-electron chi connectivity index (χ1n) is 4.96. The molecule has 2 N–H and O–H groups in total. The highest BCUT2D eigenvalue weighted by atomic mass is 14.6. The second kappa shape index (κ2) is 2.85. The van der Waals surface area contributed by atoms with Crippen LogP contribution in [0.3, 0.4) is 0 Å². The van der Waals surface area contributed by atoms with Crippen LogP contribution in [0.2, 0.25) is 0 Å². The highest BCUT2D eigenvalue weighted by molar-refractivity contribution is 5.37. The van der Waals surface area contributed by atoms with Crippen molar-refractivity contribution in [3.05, 3.63) is 35.4 Å². The van der Waals surface area contributed by atoms with E-state index >= 15 is 0 Å². The van der Waals surface area contributed by atoms with Crippen molar-refractivity contribution < 1.29 is 0 Å². The molecule has 1 heteroatoms. The topological polar surface area (TPSA) is 26.0 Å². The van der Waals surface area contributed by atoms with Crippen LogP contribution in [0, 0.1) is 0 Å². The summed E-state index contributed by atoms with van der Waals surface area (Å²) in [4.78, 5) is 0. The molecule has 0 spiro atoms. The van der Waals surface area contributed by atoms with Gasteiger partial charge in [0, 0.05) is 6.04 Å². The first-order chi connectivity index (χ1) is 6.11. The van der Waals surface area contributed by atoms with Crippen molar-refractivity contribution in [2.45, 2.75) is 38.1 Å². The molecule has 1 aliphatic carbocycles. The molecule has 0 saturated heterocycles. The highest BCUT2D eigenvalue weighted by Crippen LogP contribution is 2.39. The Balaban J connectivity index is 2.55. The van der Waals surface area contributed by atoms with Crippen LogP contribution in [0.4, 0.5) is 0 Å². The number of fused-ring (bicyclic) bond motifs is 1. The first kappa shape index (κ1) is 8.76. The molecule has 0 fully saturated rings. The lowest BCUT2D eigenvalue weighted by Crippen LogP contribution is -2.29. The Morgan fingerprint density at radius 2 is 2.00 bits per heavy atom. The Bertz CT molecular complexity index is 315. The van der Waals surface area contributed by atoms with E-state index in [4.69, 9.17) is 5.73 Å². The van der Waals surface area contributed by atoms with Gasteiger partial charge in [-0.3, -0.25) is 0 Å².